The van der Waals surface area contributed by atoms with Crippen LogP contribution in [-0.2, 0) is 37.8 Å². The van der Waals surface area contributed by atoms with Gasteiger partial charge in [-0.3, -0.25) is 14.4 Å². The van der Waals surface area contributed by atoms with Crippen molar-refractivity contribution in [2.24, 2.45) is 17.8 Å². The Labute approximate surface area is 247 Å². The molecule has 0 unspecified atom stereocenters. The second-order valence-electron chi connectivity index (χ2n) is 13.1. The van der Waals surface area contributed by atoms with Gasteiger partial charge in [0.05, 0.1) is 17.8 Å². The molecule has 2 heterocycles. The van der Waals surface area contributed by atoms with Crippen LogP contribution in [0, 0.1) is 17.8 Å². The van der Waals surface area contributed by atoms with E-state index in [1.807, 2.05) is 19.9 Å². The van der Waals surface area contributed by atoms with Crippen LogP contribution in [0.1, 0.15) is 88.5 Å². The Hall–Kier alpha value is -1.97. The van der Waals surface area contributed by atoms with E-state index in [0.717, 1.165) is 29.3 Å². The monoisotopic (exact) mass is 592 g/mol. The predicted octanol–water partition coefficient (Wildman–Crippen LogP) is 6.29. The largest absolute Gasteiger partial charge is 0.459 e. The van der Waals surface area contributed by atoms with Gasteiger partial charge in [-0.25, -0.2) is 0 Å². The molecule has 0 aromatic carbocycles. The lowest BCUT2D eigenvalue weighted by Crippen LogP contribution is -2.59. The molecule has 41 heavy (non-hydrogen) atoms. The van der Waals surface area contributed by atoms with Crippen molar-refractivity contribution in [2.45, 2.75) is 142 Å². The van der Waals surface area contributed by atoms with Crippen molar-refractivity contribution in [2.75, 3.05) is 0 Å². The van der Waals surface area contributed by atoms with E-state index in [4.69, 9.17) is 23.4 Å². The molecule has 8 nitrogen and oxygen atoms in total. The summed E-state index contributed by atoms with van der Waals surface area (Å²) in [6.45, 7) is 23.2. The topological polar surface area (TPSA) is 97.4 Å². The summed E-state index contributed by atoms with van der Waals surface area (Å²) in [4.78, 5) is 36.7. The predicted molar refractivity (Wildman–Crippen MR) is 160 cm³/mol. The third-order valence-electron chi connectivity index (χ3n) is 9.83. The standard InChI is InChI=1S/C32H52O8Si/c1-12-41(13-2,14-3)40-32(11)16-15-24(36-21(6)33)19(4)17-25-27-20(5)18-26(37-22(7)34)29(28(27)30(32)38-25)31(9,10)39-23(8)35/h18,24-30H,4,12-17H2,1-3,5-11H3/t24-,25+,26+,27+,28-,29-,30+,32+/m0/s1. The van der Waals surface area contributed by atoms with Crippen LogP contribution < -0.4 is 0 Å². The maximum Gasteiger partial charge on any atom is 0.303 e. The molecule has 0 aromatic heterocycles. The molecule has 2 aliphatic heterocycles. The molecule has 3 rings (SSSR count). The Balaban J connectivity index is 2.25. The fraction of sp³-hybridized carbons (Fsp3) is 0.781. The highest BCUT2D eigenvalue weighted by Crippen LogP contribution is 2.56. The molecule has 3 aliphatic rings. The summed E-state index contributed by atoms with van der Waals surface area (Å²) in [7, 11) is -2.15. The quantitative estimate of drug-likeness (QED) is 0.133. The SMILES string of the molecule is C=C1C[C@H]2O[C@H]([C@H]3[C@@H]2C(C)=C[C@@H](OC(C)=O)[C@@H]3C(C)(C)OC(C)=O)[C@](C)(O[Si](CC)(CC)CC)CC[C@@H]1OC(C)=O. The first-order valence-corrected chi connectivity index (χ1v) is 17.8. The summed E-state index contributed by atoms with van der Waals surface area (Å²) < 4.78 is 32.1. The van der Waals surface area contributed by atoms with Gasteiger partial charge in [0.1, 0.15) is 17.8 Å². The Morgan fingerprint density at radius 3 is 2.15 bits per heavy atom. The van der Waals surface area contributed by atoms with Crippen molar-refractivity contribution in [3.8, 4) is 0 Å². The lowest BCUT2D eigenvalue weighted by Gasteiger charge is -2.51. The summed E-state index contributed by atoms with van der Waals surface area (Å²) in [5, 5.41) is 0. The first kappa shape index (κ1) is 33.5. The van der Waals surface area contributed by atoms with Crippen LogP contribution in [0.15, 0.2) is 23.8 Å². The highest BCUT2D eigenvalue weighted by molar-refractivity contribution is 6.73. The zero-order valence-corrected chi connectivity index (χ0v) is 27.8. The van der Waals surface area contributed by atoms with Gasteiger partial charge in [-0.2, -0.15) is 0 Å². The third kappa shape index (κ3) is 6.99. The van der Waals surface area contributed by atoms with Gasteiger partial charge < -0.3 is 23.4 Å². The summed E-state index contributed by atoms with van der Waals surface area (Å²) in [6, 6.07) is 2.91. The van der Waals surface area contributed by atoms with Crippen molar-refractivity contribution >= 4 is 26.2 Å². The molecule has 2 saturated heterocycles. The van der Waals surface area contributed by atoms with Gasteiger partial charge in [-0.05, 0) is 76.7 Å². The van der Waals surface area contributed by atoms with Gasteiger partial charge >= 0.3 is 17.9 Å². The van der Waals surface area contributed by atoms with Gasteiger partial charge in [0, 0.05) is 38.5 Å². The van der Waals surface area contributed by atoms with Gasteiger partial charge in [0.2, 0.25) is 0 Å². The molecule has 0 spiro atoms. The Kier molecular flexibility index (Phi) is 10.4. The summed E-state index contributed by atoms with van der Waals surface area (Å²) in [5.74, 6) is -1.70. The minimum atomic E-state index is -2.15. The van der Waals surface area contributed by atoms with E-state index in [9.17, 15) is 14.4 Å². The lowest BCUT2D eigenvalue weighted by molar-refractivity contribution is -0.181. The first-order valence-electron chi connectivity index (χ1n) is 15.3. The lowest BCUT2D eigenvalue weighted by atomic mass is 9.60. The van der Waals surface area contributed by atoms with Crippen molar-refractivity contribution in [3.05, 3.63) is 23.8 Å². The van der Waals surface area contributed by atoms with Gasteiger partial charge in [-0.1, -0.05) is 32.9 Å². The first-order chi connectivity index (χ1) is 19.0. The van der Waals surface area contributed by atoms with Crippen LogP contribution in [-0.4, -0.2) is 61.8 Å². The normalized spacial score (nSPS) is 34.0. The Morgan fingerprint density at radius 2 is 1.63 bits per heavy atom. The molecule has 9 heteroatoms. The number of hydrogen-bond donors (Lipinski definition) is 0. The molecule has 232 valence electrons. The second-order valence-corrected chi connectivity index (χ2v) is 17.8. The van der Waals surface area contributed by atoms with Crippen molar-refractivity contribution in [1.29, 1.82) is 0 Å². The fourth-order valence-corrected chi connectivity index (χ4v) is 11.0. The number of rotatable bonds is 9. The summed E-state index contributed by atoms with van der Waals surface area (Å²) in [6.07, 6.45) is 2.05. The van der Waals surface area contributed by atoms with Crippen molar-refractivity contribution < 1.29 is 37.8 Å². The van der Waals surface area contributed by atoms with E-state index >= 15 is 0 Å². The van der Waals surface area contributed by atoms with Crippen molar-refractivity contribution in [3.63, 3.8) is 0 Å². The Morgan fingerprint density at radius 1 is 1.05 bits per heavy atom. The van der Waals surface area contributed by atoms with E-state index < -0.39 is 37.7 Å². The van der Waals surface area contributed by atoms with Crippen molar-refractivity contribution in [1.82, 2.24) is 0 Å². The fourth-order valence-electron chi connectivity index (χ4n) is 7.89. The molecular formula is C32H52O8Si. The number of hydrogen-bond acceptors (Lipinski definition) is 8. The number of carbonyl (C=O) groups excluding carboxylic acids is 3. The van der Waals surface area contributed by atoms with E-state index in [1.54, 1.807) is 0 Å². The molecule has 0 radical (unpaired) electrons. The smallest absolute Gasteiger partial charge is 0.303 e. The zero-order valence-electron chi connectivity index (χ0n) is 26.8. The van der Waals surface area contributed by atoms with Crippen LogP contribution in [0.3, 0.4) is 0 Å². The van der Waals surface area contributed by atoms with E-state index in [1.165, 1.54) is 20.8 Å². The average molecular weight is 593 g/mol. The molecule has 8 atom stereocenters. The van der Waals surface area contributed by atoms with Crippen LogP contribution in [0.5, 0.6) is 0 Å². The van der Waals surface area contributed by atoms with Crippen LogP contribution >= 0.6 is 0 Å². The molecule has 0 saturated carbocycles. The molecule has 0 amide bonds. The Bertz CT molecular complexity index is 1040. The van der Waals surface area contributed by atoms with E-state index in [2.05, 4.69) is 41.2 Å². The third-order valence-corrected chi connectivity index (χ3v) is 14.6. The summed E-state index contributed by atoms with van der Waals surface area (Å²) in [5.41, 5.74) is 0.204. The highest BCUT2D eigenvalue weighted by Gasteiger charge is 2.63. The number of ether oxygens (including phenoxy) is 4. The number of esters is 3. The second kappa shape index (κ2) is 12.7. The van der Waals surface area contributed by atoms with Crippen LogP contribution in [0.4, 0.5) is 0 Å². The molecule has 0 N–H and O–H groups in total. The van der Waals surface area contributed by atoms with Crippen LogP contribution in [0.2, 0.25) is 18.1 Å². The number of carbonyl (C=O) groups is 3. The van der Waals surface area contributed by atoms with Gasteiger partial charge in [0.25, 0.3) is 0 Å². The number of fused-ring (bicyclic) bond motifs is 5. The van der Waals surface area contributed by atoms with E-state index in [-0.39, 0.29) is 41.9 Å². The molecule has 0 aromatic rings. The molecule has 2 fully saturated rings. The molecule has 2 bridgehead atoms. The zero-order chi connectivity index (χ0) is 30.9. The maximum atomic E-state index is 12.3. The molecule has 1 aliphatic carbocycles. The summed E-state index contributed by atoms with van der Waals surface area (Å²) >= 11 is 0. The average Bonchev–Trinajstić information content (AvgIpc) is 3.24. The van der Waals surface area contributed by atoms with Gasteiger partial charge in [-0.15, -0.1) is 0 Å². The molecular weight excluding hydrogens is 540 g/mol. The van der Waals surface area contributed by atoms with Crippen LogP contribution in [0.25, 0.3) is 0 Å². The highest BCUT2D eigenvalue weighted by atomic mass is 28.4. The van der Waals surface area contributed by atoms with E-state index in [0.29, 0.717) is 19.3 Å². The maximum absolute atomic E-state index is 12.3. The minimum Gasteiger partial charge on any atom is -0.459 e. The minimum absolute atomic E-state index is 0.0525. The van der Waals surface area contributed by atoms with Gasteiger partial charge in [0.15, 0.2) is 8.32 Å².